The van der Waals surface area contributed by atoms with Gasteiger partial charge in [-0.25, -0.2) is 9.97 Å². The van der Waals surface area contributed by atoms with Gasteiger partial charge in [-0.15, -0.1) is 0 Å². The molecule has 1 aliphatic heterocycles. The lowest BCUT2D eigenvalue weighted by Gasteiger charge is -2.26. The van der Waals surface area contributed by atoms with Crippen LogP contribution in [-0.2, 0) is 6.54 Å². The van der Waals surface area contributed by atoms with E-state index in [1.807, 2.05) is 36.5 Å². The van der Waals surface area contributed by atoms with Crippen LogP contribution in [0.15, 0.2) is 78.1 Å². The topological polar surface area (TPSA) is 109 Å². The summed E-state index contributed by atoms with van der Waals surface area (Å²) >= 11 is 1.52. The number of nitrogens with one attached hydrogen (secondary N) is 2. The molecule has 4 N–H and O–H groups in total. The van der Waals surface area contributed by atoms with Gasteiger partial charge in [-0.3, -0.25) is 14.7 Å². The molecule has 0 radical (unpaired) electrons. The minimum Gasteiger partial charge on any atom is -0.405 e. The molecule has 0 unspecified atom stereocenters. The van der Waals surface area contributed by atoms with Gasteiger partial charge < -0.3 is 16.4 Å². The second-order valence-corrected chi connectivity index (χ2v) is 9.40. The Balaban J connectivity index is 1.37. The predicted octanol–water partition coefficient (Wildman–Crippen LogP) is 4.19. The van der Waals surface area contributed by atoms with Crippen LogP contribution in [-0.4, -0.2) is 53.2 Å². The lowest BCUT2D eigenvalue weighted by atomic mass is 10.1. The summed E-state index contributed by atoms with van der Waals surface area (Å²) in [5, 5.41) is 7.24. The van der Waals surface area contributed by atoms with E-state index in [0.717, 1.165) is 59.2 Å². The number of para-hydroxylation sites is 1. The molecule has 0 atom stereocenters. The number of thiazole rings is 1. The molecule has 0 aliphatic carbocycles. The Labute approximate surface area is 213 Å². The predicted molar refractivity (Wildman–Crippen MR) is 147 cm³/mol. The maximum absolute atomic E-state index is 13.1. The van der Waals surface area contributed by atoms with Crippen LogP contribution in [0.3, 0.4) is 0 Å². The molecule has 2 aromatic carbocycles. The summed E-state index contributed by atoms with van der Waals surface area (Å²) in [6.45, 7) is 4.97. The van der Waals surface area contributed by atoms with Crippen LogP contribution in [0.2, 0.25) is 0 Å². The number of pyridine rings is 1. The summed E-state index contributed by atoms with van der Waals surface area (Å²) in [6.07, 6.45) is 6.56. The Hall–Kier alpha value is -3.92. The third kappa shape index (κ3) is 5.65. The van der Waals surface area contributed by atoms with Crippen LogP contribution in [0.25, 0.3) is 20.9 Å². The fraction of sp³-hybridized carbons (Fsp3) is 0.185. The van der Waals surface area contributed by atoms with Gasteiger partial charge in [0, 0.05) is 56.3 Å². The van der Waals surface area contributed by atoms with E-state index in [9.17, 15) is 4.79 Å². The second-order valence-electron chi connectivity index (χ2n) is 8.43. The molecule has 1 saturated heterocycles. The smallest absolute Gasteiger partial charge is 0.255 e. The van der Waals surface area contributed by atoms with Gasteiger partial charge in [0.1, 0.15) is 15.4 Å². The van der Waals surface area contributed by atoms with Crippen molar-refractivity contribution in [3.8, 4) is 10.6 Å². The highest BCUT2D eigenvalue weighted by Gasteiger charge is 2.16. The minimum absolute atomic E-state index is 0.216. The van der Waals surface area contributed by atoms with Crippen molar-refractivity contribution in [3.05, 3.63) is 84.2 Å². The molecule has 4 aromatic rings. The molecule has 182 valence electrons. The number of amides is 1. The Bertz CT molecular complexity index is 1420. The highest BCUT2D eigenvalue weighted by molar-refractivity contribution is 7.21. The molecule has 0 saturated carbocycles. The number of piperazine rings is 1. The lowest BCUT2D eigenvalue weighted by molar-refractivity contribution is 0.102. The first-order chi connectivity index (χ1) is 17.7. The number of fused-ring (bicyclic) bond motifs is 1. The van der Waals surface area contributed by atoms with Gasteiger partial charge in [-0.05, 0) is 54.2 Å². The number of carbonyl (C=O) groups is 1. The van der Waals surface area contributed by atoms with E-state index < -0.39 is 0 Å². The summed E-state index contributed by atoms with van der Waals surface area (Å²) in [5.74, 6) is -0.216. The molecular weight excluding hydrogens is 470 g/mol. The number of rotatable bonds is 7. The Morgan fingerprint density at radius 3 is 2.89 bits per heavy atom. The first kappa shape index (κ1) is 23.8. The molecule has 5 rings (SSSR count). The summed E-state index contributed by atoms with van der Waals surface area (Å²) in [4.78, 5) is 30.2. The number of hydrogen-bond donors (Lipinski definition) is 3. The molecule has 0 bridgehead atoms. The van der Waals surface area contributed by atoms with Gasteiger partial charge in [0.2, 0.25) is 0 Å². The molecule has 0 spiro atoms. The van der Waals surface area contributed by atoms with E-state index in [0.29, 0.717) is 16.9 Å². The molecule has 1 aliphatic rings. The largest absolute Gasteiger partial charge is 0.405 e. The molecule has 1 amide bonds. The van der Waals surface area contributed by atoms with Crippen molar-refractivity contribution in [3.63, 3.8) is 0 Å². The first-order valence-electron chi connectivity index (χ1n) is 11.8. The normalized spacial score (nSPS) is 14.7. The number of hydrogen-bond acceptors (Lipinski definition) is 8. The minimum atomic E-state index is -0.216. The van der Waals surface area contributed by atoms with E-state index in [-0.39, 0.29) is 5.91 Å². The number of nitrogens with zero attached hydrogens (tertiary/aromatic N) is 4. The number of aliphatic imine (C=N–C) groups is 1. The van der Waals surface area contributed by atoms with Gasteiger partial charge in [0.25, 0.3) is 5.91 Å². The third-order valence-corrected chi connectivity index (χ3v) is 6.87. The maximum atomic E-state index is 13.1. The van der Waals surface area contributed by atoms with Gasteiger partial charge in [-0.2, -0.15) is 0 Å². The highest BCUT2D eigenvalue weighted by Crippen LogP contribution is 2.34. The van der Waals surface area contributed by atoms with Crippen molar-refractivity contribution in [2.75, 3.05) is 31.5 Å². The Morgan fingerprint density at radius 1 is 1.17 bits per heavy atom. The van der Waals surface area contributed by atoms with Crippen LogP contribution >= 0.6 is 11.3 Å². The van der Waals surface area contributed by atoms with E-state index in [1.165, 1.54) is 17.5 Å². The number of carbonyl (C=O) groups excluding carboxylic acids is 1. The Morgan fingerprint density at radius 2 is 2.03 bits per heavy atom. The molecule has 9 heteroatoms. The first-order valence-corrected chi connectivity index (χ1v) is 12.6. The molecular formula is C27H27N7OS. The van der Waals surface area contributed by atoms with Crippen LogP contribution in [0.5, 0.6) is 0 Å². The van der Waals surface area contributed by atoms with Crippen molar-refractivity contribution in [2.45, 2.75) is 6.54 Å². The number of nitrogens with two attached hydrogens (primary N) is 1. The highest BCUT2D eigenvalue weighted by atomic mass is 32.1. The van der Waals surface area contributed by atoms with Crippen molar-refractivity contribution in [2.24, 2.45) is 10.7 Å². The molecule has 2 aromatic heterocycles. The van der Waals surface area contributed by atoms with E-state index in [1.54, 1.807) is 30.5 Å². The fourth-order valence-corrected chi connectivity index (χ4v) is 5.00. The summed E-state index contributed by atoms with van der Waals surface area (Å²) in [7, 11) is 0. The van der Waals surface area contributed by atoms with Crippen LogP contribution in [0.1, 0.15) is 15.9 Å². The van der Waals surface area contributed by atoms with Gasteiger partial charge in [0.05, 0.1) is 11.4 Å². The molecule has 1 fully saturated rings. The quantitative estimate of drug-likeness (QED) is 0.331. The zero-order valence-corrected chi connectivity index (χ0v) is 20.5. The van der Waals surface area contributed by atoms with Crippen molar-refractivity contribution in [1.29, 1.82) is 0 Å². The number of anilines is 1. The van der Waals surface area contributed by atoms with Crippen molar-refractivity contribution < 1.29 is 4.79 Å². The maximum Gasteiger partial charge on any atom is 0.255 e. The third-order valence-electron chi connectivity index (χ3n) is 5.85. The van der Waals surface area contributed by atoms with Crippen LogP contribution in [0.4, 0.5) is 11.4 Å². The van der Waals surface area contributed by atoms with Gasteiger partial charge >= 0.3 is 0 Å². The summed E-state index contributed by atoms with van der Waals surface area (Å²) in [5.41, 5.74) is 10.1. The SMILES string of the molecule is N/C=C\C=Nc1cccc(C(=O)Nc2ccccc2-c2nc3cc(CN4CCNCC4)cnc3s2)c1. The lowest BCUT2D eigenvalue weighted by Crippen LogP contribution is -2.42. The summed E-state index contributed by atoms with van der Waals surface area (Å²) in [6, 6.07) is 16.9. The van der Waals surface area contributed by atoms with Crippen molar-refractivity contribution >= 4 is 45.2 Å². The fourth-order valence-electron chi connectivity index (χ4n) is 4.07. The summed E-state index contributed by atoms with van der Waals surface area (Å²) < 4.78 is 0. The monoisotopic (exact) mass is 497 g/mol. The van der Waals surface area contributed by atoms with E-state index >= 15 is 0 Å². The second kappa shape index (κ2) is 11.2. The van der Waals surface area contributed by atoms with Crippen LogP contribution in [0, 0.1) is 0 Å². The zero-order valence-electron chi connectivity index (χ0n) is 19.7. The van der Waals surface area contributed by atoms with E-state index in [2.05, 4.69) is 31.6 Å². The number of benzene rings is 2. The van der Waals surface area contributed by atoms with Crippen LogP contribution < -0.4 is 16.4 Å². The average Bonchev–Trinajstić information content (AvgIpc) is 3.33. The number of aromatic nitrogens is 2. The van der Waals surface area contributed by atoms with Gasteiger partial charge in [0.15, 0.2) is 0 Å². The van der Waals surface area contributed by atoms with E-state index in [4.69, 9.17) is 10.7 Å². The standard InChI is InChI=1S/C27H27N7OS/c28-9-4-10-30-21-6-3-5-20(16-21)25(35)32-23-8-2-1-7-22(23)26-33-24-15-19(17-31-27(24)36-26)18-34-13-11-29-12-14-34/h1-10,15-17,29H,11-14,18,28H2,(H,32,35)/b9-4-,30-10?. The zero-order chi connectivity index (χ0) is 24.7. The molecule has 36 heavy (non-hydrogen) atoms. The molecule has 3 heterocycles. The van der Waals surface area contributed by atoms with Gasteiger partial charge in [-0.1, -0.05) is 29.5 Å². The Kier molecular flexibility index (Phi) is 7.41. The molecule has 8 nitrogen and oxygen atoms in total. The average molecular weight is 498 g/mol. The number of allylic oxidation sites excluding steroid dienone is 1. The van der Waals surface area contributed by atoms with Crippen molar-refractivity contribution in [1.82, 2.24) is 20.2 Å².